The van der Waals surface area contributed by atoms with Gasteiger partial charge in [-0.2, -0.15) is 13.2 Å². The molecule has 2 aromatic carbocycles. The summed E-state index contributed by atoms with van der Waals surface area (Å²) >= 11 is 0. The van der Waals surface area contributed by atoms with E-state index < -0.39 is 35.8 Å². The third-order valence-electron chi connectivity index (χ3n) is 5.36. The van der Waals surface area contributed by atoms with Gasteiger partial charge in [-0.1, -0.05) is 24.3 Å². The molecule has 168 valence electrons. The zero-order chi connectivity index (χ0) is 22.6. The maximum atomic E-state index is 14.8. The monoisotopic (exact) mass is 441 g/mol. The van der Waals surface area contributed by atoms with E-state index in [2.05, 4.69) is 5.32 Å². The minimum Gasteiger partial charge on any atom is -0.334 e. The van der Waals surface area contributed by atoms with Crippen LogP contribution < -0.4 is 5.32 Å². The van der Waals surface area contributed by atoms with Crippen LogP contribution in [0.2, 0.25) is 0 Å². The highest BCUT2D eigenvalue weighted by Gasteiger charge is 2.35. The molecule has 0 bridgehead atoms. The summed E-state index contributed by atoms with van der Waals surface area (Å²) in [6.45, 7) is 0.905. The van der Waals surface area contributed by atoms with Crippen LogP contribution in [0.15, 0.2) is 48.5 Å². The first-order chi connectivity index (χ1) is 14.6. The van der Waals surface area contributed by atoms with E-state index in [1.165, 1.54) is 41.3 Å². The lowest BCUT2D eigenvalue weighted by Gasteiger charge is -2.39. The van der Waals surface area contributed by atoms with E-state index in [9.17, 15) is 26.7 Å². The second-order valence-corrected chi connectivity index (χ2v) is 7.74. The van der Waals surface area contributed by atoms with E-state index in [1.807, 2.05) is 4.90 Å². The molecular weight excluding hydrogens is 417 g/mol. The average Bonchev–Trinajstić information content (AvgIpc) is 2.72. The molecule has 2 atom stereocenters. The Morgan fingerprint density at radius 2 is 1.71 bits per heavy atom. The van der Waals surface area contributed by atoms with E-state index in [-0.39, 0.29) is 19.6 Å². The summed E-state index contributed by atoms with van der Waals surface area (Å²) in [7, 11) is 1.80. The Kier molecular flexibility index (Phi) is 7.15. The summed E-state index contributed by atoms with van der Waals surface area (Å²) in [5.74, 6) is -0.412. The number of alkyl halides is 4. The van der Waals surface area contributed by atoms with E-state index in [4.69, 9.17) is 0 Å². The van der Waals surface area contributed by atoms with Crippen LogP contribution in [0.1, 0.15) is 23.1 Å². The highest BCUT2D eigenvalue weighted by Crippen LogP contribution is 2.29. The molecule has 1 aliphatic heterocycles. The van der Waals surface area contributed by atoms with Crippen LogP contribution in [-0.4, -0.2) is 48.2 Å². The van der Waals surface area contributed by atoms with Crippen molar-refractivity contribution in [3.8, 4) is 0 Å². The van der Waals surface area contributed by atoms with Crippen molar-refractivity contribution in [2.24, 2.45) is 0 Å². The van der Waals surface area contributed by atoms with Gasteiger partial charge in [-0.05, 0) is 48.9 Å². The standard InChI is InChI=1S/C22H24F5N3O/c1-29-11-10-20(19(24)14-29)30(13-16-4-8-18(23)9-5-16)21(31)28-12-15-2-6-17(7-3-15)22(25,26)27/h2-9,19-20H,10-14H2,1H3,(H,28,31)/t19-,20+/m0/s1. The van der Waals surface area contributed by atoms with Crippen molar-refractivity contribution in [2.45, 2.75) is 37.9 Å². The number of likely N-dealkylation sites (tertiary alicyclic amines) is 1. The Labute approximate surface area is 177 Å². The van der Waals surface area contributed by atoms with Gasteiger partial charge in [0.15, 0.2) is 0 Å². The molecule has 9 heteroatoms. The summed E-state index contributed by atoms with van der Waals surface area (Å²) in [4.78, 5) is 16.1. The van der Waals surface area contributed by atoms with Crippen LogP contribution in [-0.2, 0) is 19.3 Å². The number of halogens is 5. The van der Waals surface area contributed by atoms with Gasteiger partial charge in [-0.15, -0.1) is 0 Å². The van der Waals surface area contributed by atoms with E-state index in [1.54, 1.807) is 7.05 Å². The van der Waals surface area contributed by atoms with Gasteiger partial charge >= 0.3 is 12.2 Å². The van der Waals surface area contributed by atoms with Crippen LogP contribution in [0.3, 0.4) is 0 Å². The topological polar surface area (TPSA) is 35.6 Å². The molecule has 0 spiro atoms. The molecule has 0 radical (unpaired) electrons. The van der Waals surface area contributed by atoms with Crippen LogP contribution in [0.5, 0.6) is 0 Å². The lowest BCUT2D eigenvalue weighted by Crippen LogP contribution is -2.55. The maximum absolute atomic E-state index is 14.8. The highest BCUT2D eigenvalue weighted by atomic mass is 19.4. The Morgan fingerprint density at radius 3 is 2.29 bits per heavy atom. The summed E-state index contributed by atoms with van der Waals surface area (Å²) in [5, 5.41) is 2.67. The fourth-order valence-electron chi connectivity index (χ4n) is 3.61. The third kappa shape index (κ3) is 6.16. The number of urea groups is 1. The van der Waals surface area contributed by atoms with Crippen LogP contribution in [0.4, 0.5) is 26.7 Å². The van der Waals surface area contributed by atoms with Gasteiger partial charge in [0.05, 0.1) is 11.6 Å². The minimum atomic E-state index is -4.43. The number of carbonyl (C=O) groups is 1. The Balaban J connectivity index is 1.71. The van der Waals surface area contributed by atoms with Gasteiger partial charge in [0.2, 0.25) is 0 Å². The number of rotatable bonds is 5. The maximum Gasteiger partial charge on any atom is 0.416 e. The first-order valence-corrected chi connectivity index (χ1v) is 9.91. The van der Waals surface area contributed by atoms with Crippen LogP contribution in [0.25, 0.3) is 0 Å². The molecule has 1 saturated heterocycles. The number of hydrogen-bond donors (Lipinski definition) is 1. The number of piperidine rings is 1. The largest absolute Gasteiger partial charge is 0.416 e. The van der Waals surface area contributed by atoms with E-state index >= 15 is 0 Å². The van der Waals surface area contributed by atoms with Gasteiger partial charge in [0.1, 0.15) is 12.0 Å². The zero-order valence-corrected chi connectivity index (χ0v) is 17.0. The number of carbonyl (C=O) groups excluding carboxylic acids is 1. The Morgan fingerprint density at radius 1 is 1.10 bits per heavy atom. The van der Waals surface area contributed by atoms with Crippen molar-refractivity contribution in [1.82, 2.24) is 15.1 Å². The lowest BCUT2D eigenvalue weighted by molar-refractivity contribution is -0.137. The van der Waals surface area contributed by atoms with E-state index in [0.717, 1.165) is 12.1 Å². The lowest BCUT2D eigenvalue weighted by atomic mass is 10.0. The minimum absolute atomic E-state index is 0.000460. The molecule has 0 saturated carbocycles. The van der Waals surface area contributed by atoms with Gasteiger partial charge in [0, 0.05) is 26.2 Å². The Hall–Kier alpha value is -2.68. The molecule has 1 heterocycles. The number of nitrogens with zero attached hydrogens (tertiary/aromatic N) is 2. The molecule has 31 heavy (non-hydrogen) atoms. The quantitative estimate of drug-likeness (QED) is 0.689. The van der Waals surface area contributed by atoms with Crippen molar-refractivity contribution in [2.75, 3.05) is 20.1 Å². The normalized spacial score (nSPS) is 19.8. The number of benzene rings is 2. The molecule has 0 unspecified atom stereocenters. The van der Waals surface area contributed by atoms with Gasteiger partial charge in [-0.25, -0.2) is 13.6 Å². The number of amides is 2. The first-order valence-electron chi connectivity index (χ1n) is 9.91. The van der Waals surface area contributed by atoms with Gasteiger partial charge in [0.25, 0.3) is 0 Å². The van der Waals surface area contributed by atoms with Gasteiger partial charge in [-0.3, -0.25) is 0 Å². The number of hydrogen-bond acceptors (Lipinski definition) is 2. The molecule has 0 aromatic heterocycles. The number of nitrogens with one attached hydrogen (secondary N) is 1. The molecule has 4 nitrogen and oxygen atoms in total. The molecule has 1 N–H and O–H groups in total. The van der Waals surface area contributed by atoms with E-state index in [0.29, 0.717) is 24.1 Å². The van der Waals surface area contributed by atoms with Crippen LogP contribution >= 0.6 is 0 Å². The average molecular weight is 441 g/mol. The summed E-state index contributed by atoms with van der Waals surface area (Å²) in [6.07, 6.45) is -5.25. The molecule has 1 aliphatic rings. The van der Waals surface area contributed by atoms with Crippen molar-refractivity contribution in [1.29, 1.82) is 0 Å². The SMILES string of the molecule is CN1CC[C@@H](N(Cc2ccc(F)cc2)C(=O)NCc2ccc(C(F)(F)F)cc2)[C@@H](F)C1. The van der Waals surface area contributed by atoms with Crippen molar-refractivity contribution in [3.63, 3.8) is 0 Å². The predicted octanol–water partition coefficient (Wildman–Crippen LogP) is 4.60. The zero-order valence-electron chi connectivity index (χ0n) is 17.0. The smallest absolute Gasteiger partial charge is 0.334 e. The fraction of sp³-hybridized carbons (Fsp3) is 0.409. The molecule has 3 rings (SSSR count). The second-order valence-electron chi connectivity index (χ2n) is 7.74. The third-order valence-corrected chi connectivity index (χ3v) is 5.36. The predicted molar refractivity (Wildman–Crippen MR) is 106 cm³/mol. The van der Waals surface area contributed by atoms with Gasteiger partial charge < -0.3 is 15.1 Å². The molecular formula is C22H24F5N3O. The fourth-order valence-corrected chi connectivity index (χ4v) is 3.61. The Bertz CT molecular complexity index is 870. The molecule has 2 amide bonds. The summed E-state index contributed by atoms with van der Waals surface area (Å²) in [6, 6.07) is 8.92. The molecule has 2 aromatic rings. The van der Waals surface area contributed by atoms with Crippen LogP contribution in [0, 0.1) is 5.82 Å². The summed E-state index contributed by atoms with van der Waals surface area (Å²) < 4.78 is 66.1. The van der Waals surface area contributed by atoms with Crippen molar-refractivity contribution in [3.05, 3.63) is 71.0 Å². The molecule has 1 fully saturated rings. The van der Waals surface area contributed by atoms with Crippen molar-refractivity contribution >= 4 is 6.03 Å². The molecule has 0 aliphatic carbocycles. The first kappa shape index (κ1) is 23.0. The second kappa shape index (κ2) is 9.64. The van der Waals surface area contributed by atoms with Crippen molar-refractivity contribution < 1.29 is 26.7 Å². The summed E-state index contributed by atoms with van der Waals surface area (Å²) in [5.41, 5.74) is 0.368. The highest BCUT2D eigenvalue weighted by molar-refractivity contribution is 5.74.